The summed E-state index contributed by atoms with van der Waals surface area (Å²) in [5, 5.41) is 12.6. The molecule has 1 rings (SSSR count). The lowest BCUT2D eigenvalue weighted by molar-refractivity contribution is -0.439. The maximum absolute atomic E-state index is 14.6. The van der Waals surface area contributed by atoms with Crippen molar-refractivity contribution in [3.05, 3.63) is 0 Å². The van der Waals surface area contributed by atoms with E-state index in [2.05, 4.69) is 0 Å². The molecule has 1 aliphatic rings. The number of nitrogens with zero attached hydrogens (tertiary/aromatic N) is 2. The summed E-state index contributed by atoms with van der Waals surface area (Å²) >= 11 is 0. The van der Waals surface area contributed by atoms with Gasteiger partial charge in [-0.15, -0.1) is 10.3 Å². The first-order valence-electron chi connectivity index (χ1n) is 14.1. The second-order valence-corrected chi connectivity index (χ2v) is 13.5. The summed E-state index contributed by atoms with van der Waals surface area (Å²) in [6.45, 7) is 2.94. The largest absolute Gasteiger partial charge is 0.460 e. The Labute approximate surface area is 293 Å². The molecule has 0 unspecified atom stereocenters. The van der Waals surface area contributed by atoms with Crippen LogP contribution in [0.5, 0.6) is 0 Å². The van der Waals surface area contributed by atoms with Gasteiger partial charge in [0.1, 0.15) is 0 Å². The van der Waals surface area contributed by atoms with E-state index in [1.54, 1.807) is 0 Å². The van der Waals surface area contributed by atoms with E-state index < -0.39 is 131 Å². The molecule has 0 aromatic carbocycles. The molecular formula is C25H21F26N2O3. The molecule has 0 aromatic heterocycles. The second kappa shape index (κ2) is 13.7. The number of hydrogen-bond acceptors (Lipinski definition) is 3. The number of hydrogen-bond donors (Lipinski definition) is 0. The summed E-state index contributed by atoms with van der Waals surface area (Å²) in [5.74, 6) is -89.6. The minimum absolute atomic E-state index is 0.0257. The van der Waals surface area contributed by atoms with Gasteiger partial charge in [-0.2, -0.15) is 114 Å². The highest BCUT2D eigenvalue weighted by Crippen LogP contribution is 2.62. The quantitative estimate of drug-likeness (QED) is 0.173. The molecule has 1 fully saturated rings. The monoisotopic (exact) mass is 891 g/mol. The number of carbonyl (C=O) groups is 2. The number of imide groups is 1. The van der Waals surface area contributed by atoms with Crippen LogP contribution in [-0.4, -0.2) is 110 Å². The van der Waals surface area contributed by atoms with Gasteiger partial charge in [0.2, 0.25) is 11.8 Å². The van der Waals surface area contributed by atoms with Crippen molar-refractivity contribution in [3.63, 3.8) is 0 Å². The average Bonchev–Trinajstić information content (AvgIpc) is 2.93. The summed E-state index contributed by atoms with van der Waals surface area (Å²) in [7, 11) is 0. The molecular weight excluding hydrogens is 870 g/mol. The summed E-state index contributed by atoms with van der Waals surface area (Å²) in [6.07, 6.45) is -26.9. The average molecular weight is 891 g/mol. The van der Waals surface area contributed by atoms with Crippen LogP contribution in [0.4, 0.5) is 114 Å². The number of rotatable bonds is 13. The normalized spacial score (nSPS) is 19.6. The van der Waals surface area contributed by atoms with Gasteiger partial charge in [-0.3, -0.25) is 14.5 Å². The topological polar surface area (TPSA) is 60.5 Å². The van der Waals surface area contributed by atoms with Gasteiger partial charge < -0.3 is 0 Å². The number of hydroxylamine groups is 2. The minimum Gasteiger partial charge on any atom is -0.279 e. The van der Waals surface area contributed by atoms with Crippen molar-refractivity contribution in [1.29, 1.82) is 0 Å². The Bertz CT molecular complexity index is 1370. The fourth-order valence-electron chi connectivity index (χ4n) is 5.32. The highest BCUT2D eigenvalue weighted by Gasteiger charge is 2.92. The molecule has 1 radical (unpaired) electrons. The predicted molar refractivity (Wildman–Crippen MR) is 126 cm³/mol. The summed E-state index contributed by atoms with van der Waals surface area (Å²) in [5.41, 5.74) is -4.44. The van der Waals surface area contributed by atoms with Crippen LogP contribution in [0, 0.1) is 0 Å². The Morgan fingerprint density at radius 1 is 0.446 bits per heavy atom. The lowest BCUT2D eigenvalue weighted by Crippen LogP contribution is -2.71. The van der Waals surface area contributed by atoms with Crippen molar-refractivity contribution in [2.24, 2.45) is 0 Å². The fraction of sp³-hybridized carbons (Fsp3) is 0.920. The smallest absolute Gasteiger partial charge is 0.279 e. The molecule has 0 spiro atoms. The van der Waals surface area contributed by atoms with Crippen LogP contribution in [0.25, 0.3) is 0 Å². The van der Waals surface area contributed by atoms with E-state index in [4.69, 9.17) is 0 Å². The van der Waals surface area contributed by atoms with E-state index >= 15 is 0 Å². The van der Waals surface area contributed by atoms with Crippen LogP contribution in [0.15, 0.2) is 0 Å². The molecule has 0 aromatic rings. The van der Waals surface area contributed by atoms with Gasteiger partial charge >= 0.3 is 71.6 Å². The van der Waals surface area contributed by atoms with Crippen molar-refractivity contribution < 1.29 is 129 Å². The maximum atomic E-state index is 14.6. The first-order chi connectivity index (χ1) is 23.9. The van der Waals surface area contributed by atoms with E-state index in [0.29, 0.717) is 0 Å². The minimum atomic E-state index is -8.61. The zero-order valence-corrected chi connectivity index (χ0v) is 27.4. The highest BCUT2D eigenvalue weighted by atomic mass is 19.4. The molecule has 0 N–H and O–H groups in total. The predicted octanol–water partition coefficient (Wildman–Crippen LogP) is 9.97. The molecule has 0 aliphatic carbocycles. The van der Waals surface area contributed by atoms with Crippen LogP contribution in [0.2, 0.25) is 0 Å². The molecule has 1 heterocycles. The van der Waals surface area contributed by atoms with Crippen LogP contribution in [0.1, 0.15) is 53.4 Å². The van der Waals surface area contributed by atoms with E-state index in [1.165, 1.54) is 0 Å². The SMILES string of the molecule is CC1(C)CC(N(C(=O)CC(F)(F)C(F)(F)C(F)(F)C(F)(F)C(F)(F)C(F)(F)F)C(=O)CC(F)(F)C(F)(F)C(F)(F)C(F)(F)C(F)(F)C(F)(F)F)CC(C)(C)N1[O]. The first kappa shape index (κ1) is 51.3. The Hall–Kier alpha value is -2.76. The number of piperidine rings is 1. The van der Waals surface area contributed by atoms with Crippen LogP contribution in [0.3, 0.4) is 0 Å². The van der Waals surface area contributed by atoms with Gasteiger partial charge in [0.25, 0.3) is 0 Å². The zero-order valence-electron chi connectivity index (χ0n) is 27.4. The molecule has 2 amide bonds. The van der Waals surface area contributed by atoms with Gasteiger partial charge in [-0.05, 0) is 40.5 Å². The van der Waals surface area contributed by atoms with Crippen molar-refractivity contribution in [3.8, 4) is 0 Å². The van der Waals surface area contributed by atoms with E-state index in [1.807, 2.05) is 0 Å². The molecule has 1 aliphatic heterocycles. The summed E-state index contributed by atoms with van der Waals surface area (Å²) < 4.78 is 353. The van der Waals surface area contributed by atoms with E-state index in [0.717, 1.165) is 27.7 Å². The number of carbonyl (C=O) groups excluding carboxylic acids is 2. The molecule has 56 heavy (non-hydrogen) atoms. The van der Waals surface area contributed by atoms with Crippen LogP contribution in [-0.2, 0) is 14.8 Å². The maximum Gasteiger partial charge on any atom is 0.460 e. The molecule has 31 heteroatoms. The molecule has 1 saturated heterocycles. The molecule has 0 atom stereocenters. The summed E-state index contributed by atoms with van der Waals surface area (Å²) in [4.78, 5) is 24.2. The zero-order chi connectivity index (χ0) is 45.7. The lowest BCUT2D eigenvalue weighted by Gasteiger charge is -2.52. The number of halogens is 26. The Balaban J connectivity index is 3.95. The van der Waals surface area contributed by atoms with Crippen molar-refractivity contribution in [2.75, 3.05) is 0 Å². The van der Waals surface area contributed by atoms with E-state index in [9.17, 15) is 129 Å². The second-order valence-electron chi connectivity index (χ2n) is 13.5. The molecule has 331 valence electrons. The molecule has 0 bridgehead atoms. The van der Waals surface area contributed by atoms with Gasteiger partial charge in [0.15, 0.2) is 0 Å². The lowest BCUT2D eigenvalue weighted by atomic mass is 9.78. The molecule has 5 nitrogen and oxygen atoms in total. The van der Waals surface area contributed by atoms with Gasteiger partial charge in [-0.1, -0.05) is 0 Å². The fourth-order valence-corrected chi connectivity index (χ4v) is 5.32. The Morgan fingerprint density at radius 2 is 0.661 bits per heavy atom. The van der Waals surface area contributed by atoms with Crippen LogP contribution >= 0.6 is 0 Å². The highest BCUT2D eigenvalue weighted by molar-refractivity contribution is 5.96. The van der Waals surface area contributed by atoms with Crippen LogP contribution < -0.4 is 0 Å². The third-order valence-electron chi connectivity index (χ3n) is 8.22. The summed E-state index contributed by atoms with van der Waals surface area (Å²) in [6, 6.07) is -2.74. The molecule has 0 saturated carbocycles. The Kier molecular flexibility index (Phi) is 12.5. The number of amides is 2. The van der Waals surface area contributed by atoms with Gasteiger partial charge in [0.05, 0.1) is 12.8 Å². The third kappa shape index (κ3) is 7.51. The number of alkyl halides is 26. The van der Waals surface area contributed by atoms with Gasteiger partial charge in [0, 0.05) is 17.1 Å². The van der Waals surface area contributed by atoms with Gasteiger partial charge in [-0.25, -0.2) is 0 Å². The van der Waals surface area contributed by atoms with E-state index in [-0.39, 0.29) is 5.06 Å². The van der Waals surface area contributed by atoms with Crippen molar-refractivity contribution in [2.45, 2.75) is 142 Å². The van der Waals surface area contributed by atoms with Crippen molar-refractivity contribution >= 4 is 11.8 Å². The Morgan fingerprint density at radius 3 is 0.875 bits per heavy atom. The standard InChI is InChI=1S/C25H21F26N2O3/c1-12(2)5-9(6-13(3,4)53(12)56)52(10(54)7-14(26,27)16(30,31)18(34,35)20(38,39)22(42,43)24(46,47)48)11(55)8-15(28,29)17(32,33)19(36,37)21(40,41)23(44,45)25(49,50)51/h9H,5-8H2,1-4H3. The van der Waals surface area contributed by atoms with Crippen molar-refractivity contribution in [1.82, 2.24) is 9.96 Å². The first-order valence-corrected chi connectivity index (χ1v) is 14.1. The third-order valence-corrected chi connectivity index (χ3v) is 8.22.